The van der Waals surface area contributed by atoms with E-state index in [0.29, 0.717) is 0 Å². The molecule has 18 heavy (non-hydrogen) atoms. The molecule has 0 aliphatic rings. The van der Waals surface area contributed by atoms with E-state index < -0.39 is 0 Å². The summed E-state index contributed by atoms with van der Waals surface area (Å²) in [5, 5.41) is 3.71. The van der Waals surface area contributed by atoms with Crippen molar-refractivity contribution in [3.8, 4) is 0 Å². The monoisotopic (exact) mass is 303 g/mol. The van der Waals surface area contributed by atoms with Gasteiger partial charge >= 0.3 is 0 Å². The van der Waals surface area contributed by atoms with Crippen LogP contribution in [0.25, 0.3) is 21.8 Å². The number of H-pyrrole nitrogens is 2. The van der Waals surface area contributed by atoms with E-state index >= 15 is 0 Å². The maximum Gasteiger partial charge on any atom is 0.203 e. The van der Waals surface area contributed by atoms with Gasteiger partial charge in [-0.15, -0.1) is 0 Å². The largest absolute Gasteiger partial charge is 0.349 e. The normalized spacial score (nSPS) is 11.4. The molecule has 1 aromatic carbocycles. The fourth-order valence-electron chi connectivity index (χ4n) is 2.47. The summed E-state index contributed by atoms with van der Waals surface area (Å²) < 4.78 is 0. The van der Waals surface area contributed by atoms with E-state index in [0.717, 1.165) is 11.8 Å². The van der Waals surface area contributed by atoms with Gasteiger partial charge in [-0.25, -0.2) is 4.98 Å². The number of alkyl halides is 1. The number of pyridine rings is 1. The van der Waals surface area contributed by atoms with Gasteiger partial charge in [0.25, 0.3) is 0 Å². The van der Waals surface area contributed by atoms with Crippen molar-refractivity contribution in [2.75, 3.05) is 5.33 Å². The van der Waals surface area contributed by atoms with E-state index in [1.165, 1.54) is 40.3 Å². The first-order valence-corrected chi connectivity index (χ1v) is 7.48. The Labute approximate surface area is 115 Å². The van der Waals surface area contributed by atoms with E-state index in [1.54, 1.807) is 0 Å². The van der Waals surface area contributed by atoms with Crippen LogP contribution in [0.1, 0.15) is 18.5 Å². The zero-order valence-corrected chi connectivity index (χ0v) is 11.8. The van der Waals surface area contributed by atoms with Gasteiger partial charge in [-0.1, -0.05) is 34.1 Å². The van der Waals surface area contributed by atoms with Crippen LogP contribution in [0.4, 0.5) is 0 Å². The molecular formula is C15H16BrN2+. The molecule has 0 saturated heterocycles. The summed E-state index contributed by atoms with van der Waals surface area (Å²) in [5.74, 6) is 0. The first-order chi connectivity index (χ1) is 8.90. The average molecular weight is 304 g/mol. The van der Waals surface area contributed by atoms with Gasteiger partial charge in [-0.3, -0.25) is 0 Å². The maximum absolute atomic E-state index is 3.53. The molecular weight excluding hydrogens is 288 g/mol. The van der Waals surface area contributed by atoms with Gasteiger partial charge < -0.3 is 4.98 Å². The molecule has 2 heterocycles. The third-order valence-corrected chi connectivity index (χ3v) is 3.93. The molecule has 0 amide bonds. The summed E-state index contributed by atoms with van der Waals surface area (Å²) in [4.78, 5) is 6.92. The molecule has 2 aromatic heterocycles. The van der Waals surface area contributed by atoms with Crippen LogP contribution < -0.4 is 4.98 Å². The quantitative estimate of drug-likeness (QED) is 0.560. The molecule has 3 rings (SSSR count). The first-order valence-electron chi connectivity index (χ1n) is 6.36. The van der Waals surface area contributed by atoms with E-state index in [1.807, 2.05) is 6.20 Å². The highest BCUT2D eigenvalue weighted by Crippen LogP contribution is 2.25. The molecule has 0 radical (unpaired) electrons. The van der Waals surface area contributed by atoms with Crippen molar-refractivity contribution in [1.29, 1.82) is 0 Å². The van der Waals surface area contributed by atoms with Crippen molar-refractivity contribution >= 4 is 37.7 Å². The second kappa shape index (κ2) is 5.11. The molecule has 0 spiro atoms. The van der Waals surface area contributed by atoms with Crippen LogP contribution in [0.3, 0.4) is 0 Å². The minimum atomic E-state index is 1.08. The number of aryl methyl sites for hydroxylation is 1. The minimum absolute atomic E-state index is 1.08. The molecule has 2 N–H and O–H groups in total. The Hall–Kier alpha value is -1.35. The first kappa shape index (κ1) is 11.7. The van der Waals surface area contributed by atoms with Crippen molar-refractivity contribution in [3.05, 3.63) is 42.2 Å². The Balaban J connectivity index is 2.09. The third kappa shape index (κ3) is 2.03. The molecule has 3 heteroatoms. The highest BCUT2D eigenvalue weighted by atomic mass is 79.9. The molecule has 3 aromatic rings. The lowest BCUT2D eigenvalue weighted by Crippen LogP contribution is -2.10. The van der Waals surface area contributed by atoms with Crippen molar-refractivity contribution in [1.82, 2.24) is 4.98 Å². The Morgan fingerprint density at radius 3 is 2.83 bits per heavy atom. The van der Waals surface area contributed by atoms with Gasteiger partial charge in [0.15, 0.2) is 6.20 Å². The Morgan fingerprint density at radius 2 is 1.94 bits per heavy atom. The van der Waals surface area contributed by atoms with E-state index in [4.69, 9.17) is 0 Å². The smallest absolute Gasteiger partial charge is 0.203 e. The number of para-hydroxylation sites is 1. The van der Waals surface area contributed by atoms with Crippen molar-refractivity contribution in [2.45, 2.75) is 19.3 Å². The SMILES string of the molecule is BrCCCCc1[nH+]ccc2c1[nH]c1ccccc12. The summed E-state index contributed by atoms with van der Waals surface area (Å²) in [6, 6.07) is 10.6. The van der Waals surface area contributed by atoms with Crippen LogP contribution in [0.2, 0.25) is 0 Å². The number of fused-ring (bicyclic) bond motifs is 3. The van der Waals surface area contributed by atoms with Gasteiger partial charge in [-0.05, 0) is 18.9 Å². The van der Waals surface area contributed by atoms with Crippen molar-refractivity contribution in [2.24, 2.45) is 0 Å². The number of benzene rings is 1. The van der Waals surface area contributed by atoms with E-state index in [-0.39, 0.29) is 0 Å². The van der Waals surface area contributed by atoms with Crippen molar-refractivity contribution in [3.63, 3.8) is 0 Å². The second-order valence-electron chi connectivity index (χ2n) is 4.56. The average Bonchev–Trinajstić information content (AvgIpc) is 2.79. The van der Waals surface area contributed by atoms with Gasteiger partial charge in [0.2, 0.25) is 5.69 Å². The third-order valence-electron chi connectivity index (χ3n) is 3.37. The summed E-state index contributed by atoms with van der Waals surface area (Å²) in [6.45, 7) is 0. The zero-order valence-electron chi connectivity index (χ0n) is 10.2. The summed E-state index contributed by atoms with van der Waals surface area (Å²) >= 11 is 3.48. The molecule has 0 aliphatic carbocycles. The van der Waals surface area contributed by atoms with Gasteiger partial charge in [-0.2, -0.15) is 0 Å². The van der Waals surface area contributed by atoms with Crippen molar-refractivity contribution < 1.29 is 4.98 Å². The molecule has 0 saturated carbocycles. The number of unbranched alkanes of at least 4 members (excludes halogenated alkanes) is 1. The molecule has 92 valence electrons. The predicted octanol–water partition coefficient (Wildman–Crippen LogP) is 3.85. The molecule has 0 fully saturated rings. The van der Waals surface area contributed by atoms with E-state index in [9.17, 15) is 0 Å². The topological polar surface area (TPSA) is 29.9 Å². The second-order valence-corrected chi connectivity index (χ2v) is 5.35. The molecule has 0 bridgehead atoms. The standard InChI is InChI=1S/C15H15BrN2/c16-9-4-3-7-14-15-12(8-10-17-14)11-5-1-2-6-13(11)18-15/h1-2,5-6,8,10,18H,3-4,7,9H2/p+1. The maximum atomic E-state index is 3.53. The van der Waals surface area contributed by atoms with Crippen LogP contribution in [-0.2, 0) is 6.42 Å². The van der Waals surface area contributed by atoms with Gasteiger partial charge in [0.1, 0.15) is 5.52 Å². The summed E-state index contributed by atoms with van der Waals surface area (Å²) in [5.41, 5.74) is 3.78. The number of aromatic amines is 2. The zero-order chi connectivity index (χ0) is 12.4. The summed E-state index contributed by atoms with van der Waals surface area (Å²) in [6.07, 6.45) is 5.56. The number of hydrogen-bond donors (Lipinski definition) is 1. The van der Waals surface area contributed by atoms with Gasteiger partial charge in [0.05, 0.1) is 0 Å². The minimum Gasteiger partial charge on any atom is -0.349 e. The lowest BCUT2D eigenvalue weighted by molar-refractivity contribution is -0.388. The van der Waals surface area contributed by atoms with Crippen LogP contribution in [0, 0.1) is 0 Å². The van der Waals surface area contributed by atoms with Crippen LogP contribution in [-0.4, -0.2) is 10.3 Å². The number of hydrogen-bond acceptors (Lipinski definition) is 0. The lowest BCUT2D eigenvalue weighted by atomic mass is 10.1. The number of nitrogens with one attached hydrogen (secondary N) is 2. The summed E-state index contributed by atoms with van der Waals surface area (Å²) in [7, 11) is 0. The lowest BCUT2D eigenvalue weighted by Gasteiger charge is -1.96. The molecule has 0 atom stereocenters. The Kier molecular flexibility index (Phi) is 3.33. The van der Waals surface area contributed by atoms with Crippen LogP contribution in [0.5, 0.6) is 0 Å². The number of rotatable bonds is 4. The molecule has 0 unspecified atom stereocenters. The van der Waals surface area contributed by atoms with Gasteiger partial charge in [0, 0.05) is 34.1 Å². The van der Waals surface area contributed by atoms with Crippen LogP contribution in [0.15, 0.2) is 36.5 Å². The fourth-order valence-corrected chi connectivity index (χ4v) is 2.86. The predicted molar refractivity (Wildman–Crippen MR) is 79.1 cm³/mol. The van der Waals surface area contributed by atoms with E-state index in [2.05, 4.69) is 56.2 Å². The fraction of sp³-hybridized carbons (Fsp3) is 0.267. The highest BCUT2D eigenvalue weighted by Gasteiger charge is 2.12. The van der Waals surface area contributed by atoms with Crippen LogP contribution >= 0.6 is 15.9 Å². The number of aromatic nitrogens is 2. The molecule has 2 nitrogen and oxygen atoms in total. The molecule has 0 aliphatic heterocycles. The Bertz CT molecular complexity index is 672. The Morgan fingerprint density at radius 1 is 1.06 bits per heavy atom. The number of halogens is 1. The highest BCUT2D eigenvalue weighted by molar-refractivity contribution is 9.09.